The minimum absolute atomic E-state index is 0.160. The Labute approximate surface area is 121 Å². The average Bonchev–Trinajstić information content (AvgIpc) is 2.39. The van der Waals surface area contributed by atoms with Crippen LogP contribution in [-0.4, -0.2) is 29.0 Å². The molecule has 0 aliphatic carbocycles. The maximum absolute atomic E-state index is 12.0. The quantitative estimate of drug-likeness (QED) is 0.804. The molecule has 0 aliphatic heterocycles. The van der Waals surface area contributed by atoms with Gasteiger partial charge in [0.1, 0.15) is 11.5 Å². The Morgan fingerprint density at radius 1 is 1.15 bits per heavy atom. The second-order valence-corrected chi connectivity index (χ2v) is 5.68. The van der Waals surface area contributed by atoms with Crippen LogP contribution in [0, 0.1) is 17.8 Å². The van der Waals surface area contributed by atoms with Gasteiger partial charge in [-0.1, -0.05) is 27.7 Å². The monoisotopic (exact) mass is 278 g/mol. The van der Waals surface area contributed by atoms with Gasteiger partial charge in [0.15, 0.2) is 0 Å². The minimum Gasteiger partial charge on any atom is -0.369 e. The van der Waals surface area contributed by atoms with E-state index < -0.39 is 0 Å². The van der Waals surface area contributed by atoms with Crippen LogP contribution in [0.1, 0.15) is 45.1 Å². The summed E-state index contributed by atoms with van der Waals surface area (Å²) in [5.41, 5.74) is 0.359. The Kier molecular flexibility index (Phi) is 6.42. The summed E-state index contributed by atoms with van der Waals surface area (Å²) in [4.78, 5) is 20.3. The van der Waals surface area contributed by atoms with Gasteiger partial charge in [-0.15, -0.1) is 0 Å². The van der Waals surface area contributed by atoms with E-state index in [9.17, 15) is 4.79 Å². The molecule has 0 saturated heterocycles. The van der Waals surface area contributed by atoms with Gasteiger partial charge in [-0.25, -0.2) is 9.97 Å². The molecular weight excluding hydrogens is 252 g/mol. The Balaban J connectivity index is 2.57. The van der Waals surface area contributed by atoms with Crippen molar-refractivity contribution in [1.29, 1.82) is 0 Å². The Morgan fingerprint density at radius 2 is 1.80 bits per heavy atom. The molecule has 5 heteroatoms. The van der Waals surface area contributed by atoms with E-state index in [1.165, 1.54) is 6.20 Å². The van der Waals surface area contributed by atoms with E-state index in [1.807, 2.05) is 6.92 Å². The van der Waals surface area contributed by atoms with E-state index in [4.69, 9.17) is 0 Å². The summed E-state index contributed by atoms with van der Waals surface area (Å²) in [6.45, 7) is 12.2. The van der Waals surface area contributed by atoms with Crippen LogP contribution >= 0.6 is 0 Å². The summed E-state index contributed by atoms with van der Waals surface area (Å²) in [6.07, 6.45) is 3.09. The second-order valence-electron chi connectivity index (χ2n) is 5.68. The summed E-state index contributed by atoms with van der Waals surface area (Å²) in [7, 11) is 0. The summed E-state index contributed by atoms with van der Waals surface area (Å²) < 4.78 is 0. The van der Waals surface area contributed by atoms with Crippen molar-refractivity contribution >= 4 is 11.7 Å². The van der Waals surface area contributed by atoms with Gasteiger partial charge < -0.3 is 10.6 Å². The maximum Gasteiger partial charge on any atom is 0.271 e. The number of hydrogen-bond donors (Lipinski definition) is 2. The topological polar surface area (TPSA) is 66.9 Å². The third-order valence-corrected chi connectivity index (χ3v) is 3.45. The molecule has 5 nitrogen and oxygen atoms in total. The van der Waals surface area contributed by atoms with Gasteiger partial charge in [-0.3, -0.25) is 4.79 Å². The first kappa shape index (κ1) is 16.4. The lowest BCUT2D eigenvalue weighted by molar-refractivity contribution is 0.0932. The molecule has 0 fully saturated rings. The highest BCUT2D eigenvalue weighted by molar-refractivity contribution is 5.91. The lowest BCUT2D eigenvalue weighted by Gasteiger charge is -2.24. The van der Waals surface area contributed by atoms with Crippen LogP contribution in [-0.2, 0) is 0 Å². The fourth-order valence-corrected chi connectivity index (χ4v) is 2.26. The van der Waals surface area contributed by atoms with Gasteiger partial charge >= 0.3 is 0 Å². The molecule has 20 heavy (non-hydrogen) atoms. The number of carbonyl (C=O) groups is 1. The molecule has 1 aromatic heterocycles. The summed E-state index contributed by atoms with van der Waals surface area (Å²) in [6, 6.07) is 0. The molecule has 0 bridgehead atoms. The first-order valence-corrected chi connectivity index (χ1v) is 7.29. The van der Waals surface area contributed by atoms with E-state index in [0.717, 1.165) is 6.54 Å². The summed E-state index contributed by atoms with van der Waals surface area (Å²) >= 11 is 0. The predicted molar refractivity (Wildman–Crippen MR) is 81.7 cm³/mol. The van der Waals surface area contributed by atoms with Crippen molar-refractivity contribution in [1.82, 2.24) is 15.3 Å². The lowest BCUT2D eigenvalue weighted by atomic mass is 9.85. The predicted octanol–water partition coefficient (Wildman–Crippen LogP) is 2.57. The number of hydrogen-bond acceptors (Lipinski definition) is 4. The van der Waals surface area contributed by atoms with Crippen molar-refractivity contribution < 1.29 is 4.79 Å². The van der Waals surface area contributed by atoms with Crippen molar-refractivity contribution in [2.24, 2.45) is 17.8 Å². The van der Waals surface area contributed by atoms with Crippen molar-refractivity contribution in [2.75, 3.05) is 18.4 Å². The molecule has 1 aromatic rings. The first-order valence-electron chi connectivity index (χ1n) is 7.29. The zero-order chi connectivity index (χ0) is 15.1. The average molecular weight is 278 g/mol. The second kappa shape index (κ2) is 7.82. The molecule has 0 aliphatic rings. The molecule has 0 radical (unpaired) electrons. The van der Waals surface area contributed by atoms with Crippen LogP contribution in [0.2, 0.25) is 0 Å². The lowest BCUT2D eigenvalue weighted by Crippen LogP contribution is -2.34. The molecule has 1 amide bonds. The maximum atomic E-state index is 12.0. The molecule has 1 rings (SSSR count). The fourth-order valence-electron chi connectivity index (χ4n) is 2.26. The van der Waals surface area contributed by atoms with Crippen LogP contribution in [0.4, 0.5) is 5.82 Å². The molecule has 1 heterocycles. The minimum atomic E-state index is -0.160. The zero-order valence-electron chi connectivity index (χ0n) is 13.1. The van der Waals surface area contributed by atoms with Crippen molar-refractivity contribution in [2.45, 2.75) is 34.6 Å². The SMILES string of the molecule is CCNc1cnc(C(=O)NCC(C(C)C)C(C)C)cn1. The highest BCUT2D eigenvalue weighted by Gasteiger charge is 2.19. The van der Waals surface area contributed by atoms with Gasteiger partial charge in [-0.2, -0.15) is 0 Å². The largest absolute Gasteiger partial charge is 0.369 e. The molecular formula is C15H26N4O. The van der Waals surface area contributed by atoms with Gasteiger partial charge in [0.25, 0.3) is 5.91 Å². The molecule has 0 spiro atoms. The van der Waals surface area contributed by atoms with Gasteiger partial charge in [0.2, 0.25) is 0 Å². The van der Waals surface area contributed by atoms with Crippen molar-refractivity contribution in [3.8, 4) is 0 Å². The first-order chi connectivity index (χ1) is 9.45. The third kappa shape index (κ3) is 4.79. The van der Waals surface area contributed by atoms with E-state index in [0.29, 0.717) is 35.8 Å². The van der Waals surface area contributed by atoms with Crippen LogP contribution in [0.5, 0.6) is 0 Å². The van der Waals surface area contributed by atoms with E-state index in [2.05, 4.69) is 48.3 Å². The van der Waals surface area contributed by atoms with Crippen molar-refractivity contribution in [3.63, 3.8) is 0 Å². The van der Waals surface area contributed by atoms with Gasteiger partial charge in [-0.05, 0) is 24.7 Å². The number of carbonyl (C=O) groups excluding carboxylic acids is 1. The van der Waals surface area contributed by atoms with E-state index in [-0.39, 0.29) is 5.91 Å². The van der Waals surface area contributed by atoms with Crippen molar-refractivity contribution in [3.05, 3.63) is 18.1 Å². The van der Waals surface area contributed by atoms with Crippen LogP contribution < -0.4 is 10.6 Å². The van der Waals surface area contributed by atoms with Gasteiger partial charge in [0, 0.05) is 13.1 Å². The van der Waals surface area contributed by atoms with Crippen LogP contribution in [0.3, 0.4) is 0 Å². The Morgan fingerprint density at radius 3 is 2.25 bits per heavy atom. The third-order valence-electron chi connectivity index (χ3n) is 3.45. The number of amides is 1. The van der Waals surface area contributed by atoms with Crippen LogP contribution in [0.15, 0.2) is 12.4 Å². The molecule has 0 saturated carbocycles. The number of nitrogens with one attached hydrogen (secondary N) is 2. The smallest absolute Gasteiger partial charge is 0.271 e. The number of anilines is 1. The highest BCUT2D eigenvalue weighted by atomic mass is 16.1. The number of aromatic nitrogens is 2. The fraction of sp³-hybridized carbons (Fsp3) is 0.667. The van der Waals surface area contributed by atoms with Gasteiger partial charge in [0.05, 0.1) is 12.4 Å². The normalized spacial score (nSPS) is 11.2. The molecule has 0 unspecified atom stereocenters. The molecule has 2 N–H and O–H groups in total. The molecule has 0 atom stereocenters. The zero-order valence-corrected chi connectivity index (χ0v) is 13.1. The number of rotatable bonds is 7. The number of nitrogens with zero attached hydrogens (tertiary/aromatic N) is 2. The molecule has 112 valence electrons. The van der Waals surface area contributed by atoms with Crippen LogP contribution in [0.25, 0.3) is 0 Å². The Hall–Kier alpha value is -1.65. The Bertz CT molecular complexity index is 406. The van der Waals surface area contributed by atoms with E-state index >= 15 is 0 Å². The summed E-state index contributed by atoms with van der Waals surface area (Å²) in [5.74, 6) is 2.07. The standard InChI is InChI=1S/C15H26N4O/c1-6-16-14-9-17-13(8-18-14)15(20)19-7-12(10(2)3)11(4)5/h8-12H,6-7H2,1-5H3,(H,16,18)(H,19,20). The summed E-state index contributed by atoms with van der Waals surface area (Å²) in [5, 5.41) is 6.00. The van der Waals surface area contributed by atoms with E-state index in [1.54, 1.807) is 6.20 Å². The highest BCUT2D eigenvalue weighted by Crippen LogP contribution is 2.19. The molecule has 0 aromatic carbocycles.